The summed E-state index contributed by atoms with van der Waals surface area (Å²) in [7, 11) is -3.28. The highest BCUT2D eigenvalue weighted by Crippen LogP contribution is 2.23. The van der Waals surface area contributed by atoms with Gasteiger partial charge >= 0.3 is 12.1 Å². The fourth-order valence-electron chi connectivity index (χ4n) is 3.24. The maximum atomic E-state index is 11.3. The quantitative estimate of drug-likeness (QED) is 0.395. The lowest BCUT2D eigenvalue weighted by Gasteiger charge is -2.33. The van der Waals surface area contributed by atoms with Crippen molar-refractivity contribution in [2.75, 3.05) is 37.4 Å². The van der Waals surface area contributed by atoms with E-state index in [1.807, 2.05) is 11.0 Å². The molecule has 37 heavy (non-hydrogen) atoms. The summed E-state index contributed by atoms with van der Waals surface area (Å²) < 4.78 is 64.2. The third-order valence-corrected chi connectivity index (χ3v) is 5.70. The Kier molecular flexibility index (Phi) is 8.62. The second-order valence-corrected chi connectivity index (χ2v) is 9.80. The normalized spacial score (nSPS) is 17.2. The number of alkyl halides is 3. The van der Waals surface area contributed by atoms with Gasteiger partial charge in [0.15, 0.2) is 5.65 Å². The van der Waals surface area contributed by atoms with Crippen molar-refractivity contribution in [2.24, 2.45) is 0 Å². The zero-order chi connectivity index (χ0) is 27.4. The first-order valence-corrected chi connectivity index (χ1v) is 12.6. The van der Waals surface area contributed by atoms with Gasteiger partial charge in [0.05, 0.1) is 42.7 Å². The number of hydrogen-bond acceptors (Lipinski definition) is 10. The number of rotatable bonds is 6. The molecule has 4 heterocycles. The molecule has 1 aliphatic rings. The average Bonchev–Trinajstić information content (AvgIpc) is 3.26. The number of halogens is 3. The number of fused-ring (bicyclic) bond motifs is 1. The van der Waals surface area contributed by atoms with E-state index >= 15 is 0 Å². The lowest BCUT2D eigenvalue weighted by atomic mass is 10.2. The van der Waals surface area contributed by atoms with Crippen LogP contribution in [0.5, 0.6) is 0 Å². The average molecular weight is 548 g/mol. The molecule has 1 unspecified atom stereocenters. The molecule has 0 aliphatic carbocycles. The maximum Gasteiger partial charge on any atom is 0.490 e. The number of nitrogens with one attached hydrogen (secondary N) is 1. The van der Waals surface area contributed by atoms with Gasteiger partial charge < -0.3 is 19.8 Å². The van der Waals surface area contributed by atoms with Crippen LogP contribution in [0.3, 0.4) is 0 Å². The zero-order valence-electron chi connectivity index (χ0n) is 19.6. The minimum absolute atomic E-state index is 0.201. The fourth-order valence-corrected chi connectivity index (χ4v) is 3.73. The van der Waals surface area contributed by atoms with Crippen molar-refractivity contribution in [3.63, 3.8) is 0 Å². The number of anilines is 1. The van der Waals surface area contributed by atoms with Gasteiger partial charge in [-0.15, -0.1) is 0 Å². The van der Waals surface area contributed by atoms with Crippen molar-refractivity contribution in [3.05, 3.63) is 36.4 Å². The summed E-state index contributed by atoms with van der Waals surface area (Å²) in [6.45, 7) is 3.44. The highest BCUT2D eigenvalue weighted by atomic mass is 32.2. The number of aliphatic carboxylic acids is 1. The van der Waals surface area contributed by atoms with Crippen LogP contribution in [0, 0.1) is 0 Å². The first kappa shape index (κ1) is 28.2. The number of carbonyl (C=O) groups is 1. The number of imidazole rings is 1. The Balaban J connectivity index is 0.000000479. The molecule has 0 bridgehead atoms. The third-order valence-electron chi connectivity index (χ3n) is 5.00. The number of nitrogens with zero attached hydrogens (tertiary/aromatic N) is 6. The molecule has 13 nitrogen and oxygen atoms in total. The second-order valence-electron chi connectivity index (χ2n) is 7.97. The number of carboxylic acids is 1. The second kappa shape index (κ2) is 11.3. The molecular formula is C20H24F3N7O6S. The summed E-state index contributed by atoms with van der Waals surface area (Å²) in [4.78, 5) is 24.0. The maximum absolute atomic E-state index is 11.3. The highest BCUT2D eigenvalue weighted by molar-refractivity contribution is 7.88. The van der Waals surface area contributed by atoms with Gasteiger partial charge in [0.25, 0.3) is 0 Å². The van der Waals surface area contributed by atoms with E-state index in [-0.39, 0.29) is 12.6 Å². The number of aromatic nitrogens is 5. The van der Waals surface area contributed by atoms with Crippen molar-refractivity contribution in [2.45, 2.75) is 25.3 Å². The molecular weight excluding hydrogens is 523 g/mol. The van der Waals surface area contributed by atoms with E-state index in [1.165, 1.54) is 6.33 Å². The van der Waals surface area contributed by atoms with E-state index < -0.39 is 28.3 Å². The zero-order valence-corrected chi connectivity index (χ0v) is 20.4. The lowest BCUT2D eigenvalue weighted by Crippen LogP contribution is -2.47. The molecule has 1 saturated heterocycles. The van der Waals surface area contributed by atoms with Crippen molar-refractivity contribution >= 4 is 27.5 Å². The number of hydrogen-bond donors (Lipinski definition) is 3. The summed E-state index contributed by atoms with van der Waals surface area (Å²) in [5.74, 6) is -2.05. The molecule has 0 spiro atoms. The summed E-state index contributed by atoms with van der Waals surface area (Å²) >= 11 is 0. The van der Waals surface area contributed by atoms with E-state index in [9.17, 15) is 26.7 Å². The molecule has 3 N–H and O–H groups in total. The standard InChI is InChI=1S/C18H23N7O4S.C2HF3O2/c1-12(26)14-3-4-17-19-9-16(25(17)23-14)15-7-18(21-11-20-15)24-5-6-29-13(10-24)8-22-30(2,27)28;3-2(4,5)1(6)7/h3-4,7,9,11-13,22,26H,5-6,8,10H2,1-2H3;(H,6,7)/t12?,13-;/m1./s1. The van der Waals surface area contributed by atoms with Crippen LogP contribution in [-0.2, 0) is 19.6 Å². The molecule has 0 saturated carbocycles. The van der Waals surface area contributed by atoms with Gasteiger partial charge in [-0.1, -0.05) is 0 Å². The molecule has 1 aliphatic heterocycles. The molecule has 0 radical (unpaired) electrons. The fraction of sp³-hybridized carbons (Fsp3) is 0.450. The number of sulfonamides is 1. The Morgan fingerprint density at radius 1 is 1.30 bits per heavy atom. The number of ether oxygens (including phenoxy) is 1. The smallest absolute Gasteiger partial charge is 0.475 e. The monoisotopic (exact) mass is 547 g/mol. The molecule has 3 aromatic heterocycles. The van der Waals surface area contributed by atoms with Gasteiger partial charge in [-0.05, 0) is 19.1 Å². The summed E-state index contributed by atoms with van der Waals surface area (Å²) in [6.07, 6.45) is -1.79. The van der Waals surface area contributed by atoms with E-state index in [2.05, 4.69) is 24.8 Å². The molecule has 0 aromatic carbocycles. The number of aliphatic hydroxyl groups is 1. The Hall–Kier alpha value is -3.41. The van der Waals surface area contributed by atoms with E-state index in [0.29, 0.717) is 48.2 Å². The van der Waals surface area contributed by atoms with Crippen LogP contribution < -0.4 is 9.62 Å². The van der Waals surface area contributed by atoms with E-state index in [4.69, 9.17) is 14.6 Å². The number of morpholine rings is 1. The topological polar surface area (TPSA) is 172 Å². The Bertz CT molecular complexity index is 1350. The van der Waals surface area contributed by atoms with Gasteiger partial charge in [-0.3, -0.25) is 0 Å². The Morgan fingerprint density at radius 3 is 2.62 bits per heavy atom. The van der Waals surface area contributed by atoms with Crippen LogP contribution in [-0.4, -0.2) is 93.9 Å². The summed E-state index contributed by atoms with van der Waals surface area (Å²) in [6, 6.07) is 5.37. The van der Waals surface area contributed by atoms with Crippen LogP contribution in [0.4, 0.5) is 19.0 Å². The third kappa shape index (κ3) is 7.78. The minimum atomic E-state index is -5.08. The molecule has 1 fully saturated rings. The summed E-state index contributed by atoms with van der Waals surface area (Å²) in [5.41, 5.74) is 2.50. The lowest BCUT2D eigenvalue weighted by molar-refractivity contribution is -0.192. The van der Waals surface area contributed by atoms with Crippen LogP contribution in [0.25, 0.3) is 17.0 Å². The predicted molar refractivity (Wildman–Crippen MR) is 123 cm³/mol. The van der Waals surface area contributed by atoms with Gasteiger partial charge in [0, 0.05) is 25.7 Å². The van der Waals surface area contributed by atoms with Crippen LogP contribution >= 0.6 is 0 Å². The molecule has 4 rings (SSSR count). The minimum Gasteiger partial charge on any atom is -0.475 e. The first-order chi connectivity index (χ1) is 17.2. The van der Waals surface area contributed by atoms with Gasteiger partial charge in [-0.2, -0.15) is 18.3 Å². The summed E-state index contributed by atoms with van der Waals surface area (Å²) in [5, 5.41) is 21.4. The van der Waals surface area contributed by atoms with Gasteiger partial charge in [0.2, 0.25) is 10.0 Å². The molecule has 202 valence electrons. The van der Waals surface area contributed by atoms with Crippen molar-refractivity contribution in [1.29, 1.82) is 0 Å². The van der Waals surface area contributed by atoms with Gasteiger partial charge in [-0.25, -0.2) is 37.4 Å². The Labute approximate surface area is 209 Å². The Morgan fingerprint density at radius 2 is 2.00 bits per heavy atom. The molecule has 2 atom stereocenters. The van der Waals surface area contributed by atoms with E-state index in [1.54, 1.807) is 29.8 Å². The van der Waals surface area contributed by atoms with Crippen molar-refractivity contribution < 1.29 is 41.3 Å². The predicted octanol–water partition coefficient (Wildman–Crippen LogP) is 0.627. The van der Waals surface area contributed by atoms with Crippen LogP contribution in [0.15, 0.2) is 30.7 Å². The van der Waals surface area contributed by atoms with Crippen LogP contribution in [0.1, 0.15) is 18.7 Å². The van der Waals surface area contributed by atoms with Crippen LogP contribution in [0.2, 0.25) is 0 Å². The van der Waals surface area contributed by atoms with Crippen molar-refractivity contribution in [3.8, 4) is 11.4 Å². The highest BCUT2D eigenvalue weighted by Gasteiger charge is 2.38. The SMILES string of the molecule is CC(O)c1ccc2ncc(-c3cc(N4CCO[C@H](CNS(C)(=O)=O)C4)ncn3)n2n1.O=C(O)C(F)(F)F. The molecule has 17 heteroatoms. The largest absolute Gasteiger partial charge is 0.490 e. The number of carboxylic acid groups (broad SMARTS) is 1. The number of aliphatic hydroxyl groups excluding tert-OH is 1. The van der Waals surface area contributed by atoms with E-state index in [0.717, 1.165) is 6.26 Å². The first-order valence-electron chi connectivity index (χ1n) is 10.7. The molecule has 3 aromatic rings. The van der Waals surface area contributed by atoms with Gasteiger partial charge in [0.1, 0.15) is 17.8 Å². The van der Waals surface area contributed by atoms with Crippen molar-refractivity contribution in [1.82, 2.24) is 29.3 Å². The molecule has 0 amide bonds.